The first-order valence-corrected chi connectivity index (χ1v) is 10.4. The van der Waals surface area contributed by atoms with E-state index in [4.69, 9.17) is 4.74 Å². The van der Waals surface area contributed by atoms with Crippen molar-refractivity contribution < 1.29 is 19.4 Å². The van der Waals surface area contributed by atoms with E-state index in [9.17, 15) is 14.7 Å². The van der Waals surface area contributed by atoms with Gasteiger partial charge in [0.25, 0.3) is 5.91 Å². The number of hydrogen-bond acceptors (Lipinski definition) is 8. The van der Waals surface area contributed by atoms with Gasteiger partial charge >= 0.3 is 5.97 Å². The number of amides is 1. The summed E-state index contributed by atoms with van der Waals surface area (Å²) >= 11 is 1.32. The molecular formula is C22H18N4O4S. The molecule has 2 aromatic carbocycles. The molecule has 2 aromatic heterocycles. The summed E-state index contributed by atoms with van der Waals surface area (Å²) in [4.78, 5) is 38.0. The van der Waals surface area contributed by atoms with Crippen LogP contribution in [0.4, 0.5) is 0 Å². The van der Waals surface area contributed by atoms with Gasteiger partial charge in [0.2, 0.25) is 0 Å². The number of thiazole rings is 1. The number of rotatable bonds is 6. The molecule has 31 heavy (non-hydrogen) atoms. The van der Waals surface area contributed by atoms with Gasteiger partial charge in [-0.1, -0.05) is 30.3 Å². The number of benzene rings is 2. The van der Waals surface area contributed by atoms with Crippen molar-refractivity contribution in [3.8, 4) is 27.6 Å². The molecule has 0 saturated heterocycles. The van der Waals surface area contributed by atoms with Crippen LogP contribution in [0.2, 0.25) is 0 Å². The molecule has 2 heterocycles. The van der Waals surface area contributed by atoms with Crippen LogP contribution < -0.4 is 5.32 Å². The third-order valence-corrected chi connectivity index (χ3v) is 5.27. The van der Waals surface area contributed by atoms with Crippen LogP contribution in [0.15, 0.2) is 54.2 Å². The number of carbonyl (C=O) groups is 2. The Morgan fingerprint density at radius 3 is 2.71 bits per heavy atom. The van der Waals surface area contributed by atoms with E-state index in [0.29, 0.717) is 21.8 Å². The maximum atomic E-state index is 13.0. The van der Waals surface area contributed by atoms with Gasteiger partial charge < -0.3 is 15.2 Å². The van der Waals surface area contributed by atoms with E-state index < -0.39 is 11.9 Å². The second-order valence-corrected chi connectivity index (χ2v) is 7.36. The Hall–Kier alpha value is -3.85. The molecule has 156 valence electrons. The van der Waals surface area contributed by atoms with Crippen molar-refractivity contribution in [2.75, 3.05) is 13.2 Å². The SMILES string of the molecule is CCOC(=O)CNC(=O)c1c(O)c(-c2nccs2)cc2ncc(-c3ccccc3)nc12. The topological polar surface area (TPSA) is 114 Å². The van der Waals surface area contributed by atoms with Gasteiger partial charge in [0.15, 0.2) is 0 Å². The Bertz CT molecular complexity index is 1240. The fourth-order valence-electron chi connectivity index (χ4n) is 3.08. The molecule has 0 aliphatic rings. The molecule has 4 aromatic rings. The lowest BCUT2D eigenvalue weighted by atomic mass is 10.0. The van der Waals surface area contributed by atoms with E-state index in [0.717, 1.165) is 5.56 Å². The van der Waals surface area contributed by atoms with E-state index in [1.807, 2.05) is 30.3 Å². The van der Waals surface area contributed by atoms with Gasteiger partial charge in [0, 0.05) is 17.1 Å². The van der Waals surface area contributed by atoms with Crippen LogP contribution in [-0.2, 0) is 9.53 Å². The molecule has 0 radical (unpaired) electrons. The third-order valence-electron chi connectivity index (χ3n) is 4.47. The Morgan fingerprint density at radius 1 is 1.19 bits per heavy atom. The fraction of sp³-hybridized carbons (Fsp3) is 0.136. The van der Waals surface area contributed by atoms with Crippen molar-refractivity contribution in [2.45, 2.75) is 6.92 Å². The lowest BCUT2D eigenvalue weighted by Crippen LogP contribution is -2.31. The maximum absolute atomic E-state index is 13.0. The molecule has 0 atom stereocenters. The molecule has 0 bridgehead atoms. The van der Waals surface area contributed by atoms with Crippen LogP contribution in [0.25, 0.3) is 32.9 Å². The van der Waals surface area contributed by atoms with Gasteiger partial charge in [-0.05, 0) is 13.0 Å². The van der Waals surface area contributed by atoms with E-state index >= 15 is 0 Å². The van der Waals surface area contributed by atoms with Gasteiger partial charge in [-0.25, -0.2) is 9.97 Å². The predicted molar refractivity (Wildman–Crippen MR) is 117 cm³/mol. The van der Waals surface area contributed by atoms with E-state index in [2.05, 4.69) is 20.3 Å². The second-order valence-electron chi connectivity index (χ2n) is 6.46. The summed E-state index contributed by atoms with van der Waals surface area (Å²) in [6.07, 6.45) is 3.22. The number of carbonyl (C=O) groups excluding carboxylic acids is 2. The highest BCUT2D eigenvalue weighted by Crippen LogP contribution is 2.38. The average molecular weight is 434 g/mol. The summed E-state index contributed by atoms with van der Waals surface area (Å²) < 4.78 is 4.85. The van der Waals surface area contributed by atoms with Gasteiger partial charge in [0.1, 0.15) is 28.4 Å². The highest BCUT2D eigenvalue weighted by Gasteiger charge is 2.24. The van der Waals surface area contributed by atoms with E-state index in [1.54, 1.807) is 30.8 Å². The smallest absolute Gasteiger partial charge is 0.325 e. The largest absolute Gasteiger partial charge is 0.506 e. The van der Waals surface area contributed by atoms with Crippen molar-refractivity contribution in [3.63, 3.8) is 0 Å². The van der Waals surface area contributed by atoms with Crippen molar-refractivity contribution in [2.24, 2.45) is 0 Å². The summed E-state index contributed by atoms with van der Waals surface area (Å²) in [6.45, 7) is 1.55. The van der Waals surface area contributed by atoms with Crippen molar-refractivity contribution >= 4 is 34.2 Å². The Balaban J connectivity index is 1.85. The third kappa shape index (κ3) is 4.22. The summed E-state index contributed by atoms with van der Waals surface area (Å²) in [5.41, 5.74) is 2.31. The standard InChI is InChI=1S/C22H18N4O4S/c1-2-30-17(27)12-25-21(29)18-19-15(10-14(20(18)28)22-23-8-9-31-22)24-11-16(26-19)13-6-4-3-5-7-13/h3-11,28H,2,12H2,1H3,(H,25,29). The Morgan fingerprint density at radius 2 is 2.00 bits per heavy atom. The Labute approximate surface area is 181 Å². The molecule has 0 saturated carbocycles. The molecule has 8 nitrogen and oxygen atoms in total. The second kappa shape index (κ2) is 8.88. The normalized spacial score (nSPS) is 10.7. The summed E-state index contributed by atoms with van der Waals surface area (Å²) in [5.74, 6) is -1.51. The minimum absolute atomic E-state index is 0.0720. The van der Waals surface area contributed by atoms with Crippen molar-refractivity contribution in [1.29, 1.82) is 0 Å². The molecule has 0 fully saturated rings. The highest BCUT2D eigenvalue weighted by atomic mass is 32.1. The lowest BCUT2D eigenvalue weighted by Gasteiger charge is -2.13. The van der Waals surface area contributed by atoms with Crippen molar-refractivity contribution in [1.82, 2.24) is 20.3 Å². The van der Waals surface area contributed by atoms with Gasteiger partial charge in [-0.15, -0.1) is 11.3 Å². The van der Waals surface area contributed by atoms with Crippen LogP contribution in [0.3, 0.4) is 0 Å². The number of nitrogens with zero attached hydrogens (tertiary/aromatic N) is 3. The molecule has 0 aliphatic heterocycles. The first-order chi connectivity index (χ1) is 15.1. The predicted octanol–water partition coefficient (Wildman–Crippen LogP) is 3.42. The van der Waals surface area contributed by atoms with Crippen LogP contribution in [0.1, 0.15) is 17.3 Å². The molecule has 1 amide bonds. The van der Waals surface area contributed by atoms with Crippen LogP contribution >= 0.6 is 11.3 Å². The number of fused-ring (bicyclic) bond motifs is 1. The van der Waals surface area contributed by atoms with Gasteiger partial charge in [-0.2, -0.15) is 0 Å². The fourth-order valence-corrected chi connectivity index (χ4v) is 3.73. The number of aromatic hydroxyl groups is 1. The molecule has 2 N–H and O–H groups in total. The summed E-state index contributed by atoms with van der Waals surface area (Å²) in [7, 11) is 0. The number of ether oxygens (including phenoxy) is 1. The summed E-state index contributed by atoms with van der Waals surface area (Å²) in [6, 6.07) is 11.0. The highest BCUT2D eigenvalue weighted by molar-refractivity contribution is 7.13. The lowest BCUT2D eigenvalue weighted by molar-refractivity contribution is -0.141. The van der Waals surface area contributed by atoms with Crippen LogP contribution in [0.5, 0.6) is 5.75 Å². The molecule has 9 heteroatoms. The van der Waals surface area contributed by atoms with Crippen molar-refractivity contribution in [3.05, 3.63) is 59.7 Å². The Kier molecular flexibility index (Phi) is 5.85. The monoisotopic (exact) mass is 434 g/mol. The zero-order valence-electron chi connectivity index (χ0n) is 16.5. The quantitative estimate of drug-likeness (QED) is 0.447. The molecule has 0 unspecified atom stereocenters. The van der Waals surface area contributed by atoms with Crippen LogP contribution in [-0.4, -0.2) is 45.1 Å². The number of aromatic nitrogens is 3. The minimum Gasteiger partial charge on any atom is -0.506 e. The van der Waals surface area contributed by atoms with Gasteiger partial charge in [0.05, 0.1) is 29.6 Å². The van der Waals surface area contributed by atoms with Crippen LogP contribution in [0, 0.1) is 0 Å². The number of esters is 1. The zero-order chi connectivity index (χ0) is 21.8. The van der Waals surface area contributed by atoms with E-state index in [1.165, 1.54) is 11.3 Å². The average Bonchev–Trinajstić information content (AvgIpc) is 3.32. The number of phenols is 1. The number of hydrogen-bond donors (Lipinski definition) is 2. The zero-order valence-corrected chi connectivity index (χ0v) is 17.3. The van der Waals surface area contributed by atoms with E-state index in [-0.39, 0.29) is 30.0 Å². The minimum atomic E-state index is -0.659. The molecule has 4 rings (SSSR count). The first kappa shape index (κ1) is 20.4. The first-order valence-electron chi connectivity index (χ1n) is 9.50. The van der Waals surface area contributed by atoms with Gasteiger partial charge in [-0.3, -0.25) is 14.6 Å². The molecule has 0 spiro atoms. The number of phenolic OH excluding ortho intramolecular Hbond substituents is 1. The maximum Gasteiger partial charge on any atom is 0.325 e. The molecular weight excluding hydrogens is 416 g/mol. The number of nitrogens with one attached hydrogen (secondary N) is 1. The molecule has 0 aliphatic carbocycles. The summed E-state index contributed by atoms with van der Waals surface area (Å²) in [5, 5.41) is 15.8.